The highest BCUT2D eigenvalue weighted by Crippen LogP contribution is 2.18. The topological polar surface area (TPSA) is 54.4 Å². The second kappa shape index (κ2) is 14.2. The highest BCUT2D eigenvalue weighted by atomic mass is 32.2. The van der Waals surface area contributed by atoms with Gasteiger partial charge in [-0.25, -0.2) is 0 Å². The summed E-state index contributed by atoms with van der Waals surface area (Å²) in [5.41, 5.74) is 0.730. The molecule has 0 saturated carbocycles. The summed E-state index contributed by atoms with van der Waals surface area (Å²) < 4.78 is 32.0. The van der Waals surface area contributed by atoms with E-state index in [0.717, 1.165) is 18.4 Å². The van der Waals surface area contributed by atoms with Crippen molar-refractivity contribution in [2.24, 2.45) is 0 Å². The minimum Gasteiger partial charge on any atom is -0.282 e. The number of rotatable bonds is 16. The summed E-state index contributed by atoms with van der Waals surface area (Å²) in [4.78, 5) is 0.0645. The van der Waals surface area contributed by atoms with Crippen molar-refractivity contribution < 1.29 is 13.0 Å². The molecule has 1 N–H and O–H groups in total. The lowest BCUT2D eigenvalue weighted by atomic mass is 10.0. The fourth-order valence-corrected chi connectivity index (χ4v) is 4.22. The van der Waals surface area contributed by atoms with Crippen molar-refractivity contribution in [3.05, 3.63) is 29.8 Å². The molecular weight excluding hydrogens is 344 g/mol. The Hall–Kier alpha value is -0.870. The molecule has 0 aromatic heterocycles. The van der Waals surface area contributed by atoms with Crippen LogP contribution in [0.4, 0.5) is 0 Å². The molecule has 4 heteroatoms. The molecule has 0 bridgehead atoms. The van der Waals surface area contributed by atoms with E-state index in [1.54, 1.807) is 12.1 Å². The van der Waals surface area contributed by atoms with Crippen LogP contribution in [0.5, 0.6) is 0 Å². The van der Waals surface area contributed by atoms with Crippen LogP contribution in [0.3, 0.4) is 0 Å². The van der Waals surface area contributed by atoms with Gasteiger partial charge in [-0.15, -0.1) is 0 Å². The third kappa shape index (κ3) is 11.0. The molecule has 0 atom stereocenters. The molecule has 0 unspecified atom stereocenters. The summed E-state index contributed by atoms with van der Waals surface area (Å²) in [5, 5.41) is 0. The number of benzene rings is 1. The summed E-state index contributed by atoms with van der Waals surface area (Å²) >= 11 is 0. The fraction of sp³-hybridized carbons (Fsp3) is 0.727. The van der Waals surface area contributed by atoms with Crippen LogP contribution < -0.4 is 0 Å². The van der Waals surface area contributed by atoms with Crippen molar-refractivity contribution in [3.63, 3.8) is 0 Å². The van der Waals surface area contributed by atoms with Crippen molar-refractivity contribution in [3.8, 4) is 0 Å². The van der Waals surface area contributed by atoms with Gasteiger partial charge < -0.3 is 0 Å². The Balaban J connectivity index is 1.98. The molecule has 0 spiro atoms. The molecule has 1 aromatic rings. The molecule has 0 aliphatic heterocycles. The third-order valence-corrected chi connectivity index (χ3v) is 6.00. The van der Waals surface area contributed by atoms with Crippen molar-refractivity contribution >= 4 is 10.1 Å². The van der Waals surface area contributed by atoms with E-state index in [2.05, 4.69) is 6.92 Å². The van der Waals surface area contributed by atoms with Crippen LogP contribution in [-0.4, -0.2) is 13.0 Å². The second-order valence-electron chi connectivity index (χ2n) is 7.43. The SMILES string of the molecule is CCCCCCCCCCCCCCCCc1ccccc1S(=O)(=O)O. The summed E-state index contributed by atoms with van der Waals surface area (Å²) in [6.07, 6.45) is 19.1. The van der Waals surface area contributed by atoms with Crippen LogP contribution >= 0.6 is 0 Å². The van der Waals surface area contributed by atoms with E-state index < -0.39 is 10.1 Å². The molecule has 150 valence electrons. The lowest BCUT2D eigenvalue weighted by molar-refractivity contribution is 0.481. The molecule has 0 aliphatic rings. The molecule has 0 saturated heterocycles. The Bertz CT molecular complexity index is 567. The molecule has 0 fully saturated rings. The van der Waals surface area contributed by atoms with Crippen LogP contribution in [0.2, 0.25) is 0 Å². The molecular formula is C22H38O3S. The first-order chi connectivity index (χ1) is 12.6. The first kappa shape index (κ1) is 23.2. The van der Waals surface area contributed by atoms with E-state index in [4.69, 9.17) is 0 Å². The predicted octanol–water partition coefficient (Wildman–Crippen LogP) is 6.96. The van der Waals surface area contributed by atoms with Crippen LogP contribution in [0, 0.1) is 0 Å². The van der Waals surface area contributed by atoms with Crippen LogP contribution in [0.25, 0.3) is 0 Å². The first-order valence-corrected chi connectivity index (χ1v) is 12.0. The number of aryl methyl sites for hydroxylation is 1. The minimum atomic E-state index is -4.10. The van der Waals surface area contributed by atoms with E-state index in [-0.39, 0.29) is 4.90 Å². The van der Waals surface area contributed by atoms with E-state index in [1.165, 1.54) is 83.1 Å². The fourth-order valence-electron chi connectivity index (χ4n) is 3.47. The molecule has 1 rings (SSSR count). The van der Waals surface area contributed by atoms with Crippen molar-refractivity contribution in [2.75, 3.05) is 0 Å². The van der Waals surface area contributed by atoms with E-state index in [0.29, 0.717) is 6.42 Å². The maximum absolute atomic E-state index is 11.4. The van der Waals surface area contributed by atoms with Gasteiger partial charge >= 0.3 is 0 Å². The first-order valence-electron chi connectivity index (χ1n) is 10.6. The van der Waals surface area contributed by atoms with E-state index in [9.17, 15) is 13.0 Å². The Labute approximate surface area is 161 Å². The van der Waals surface area contributed by atoms with Gasteiger partial charge in [-0.1, -0.05) is 109 Å². The van der Waals surface area contributed by atoms with Gasteiger partial charge in [-0.3, -0.25) is 4.55 Å². The van der Waals surface area contributed by atoms with Gasteiger partial charge in [0.15, 0.2) is 0 Å². The average Bonchev–Trinajstić information content (AvgIpc) is 2.61. The van der Waals surface area contributed by atoms with Crippen LogP contribution in [0.15, 0.2) is 29.2 Å². The second-order valence-corrected chi connectivity index (χ2v) is 8.82. The van der Waals surface area contributed by atoms with Crippen molar-refractivity contribution in [1.82, 2.24) is 0 Å². The highest BCUT2D eigenvalue weighted by Gasteiger charge is 2.13. The Morgan fingerprint density at radius 2 is 1.12 bits per heavy atom. The largest absolute Gasteiger partial charge is 0.294 e. The van der Waals surface area contributed by atoms with Crippen LogP contribution in [0.1, 0.15) is 102 Å². The molecule has 0 aliphatic carbocycles. The van der Waals surface area contributed by atoms with Gasteiger partial charge in [0.1, 0.15) is 0 Å². The quantitative estimate of drug-likeness (QED) is 0.248. The zero-order chi connectivity index (χ0) is 19.1. The third-order valence-electron chi connectivity index (χ3n) is 5.05. The highest BCUT2D eigenvalue weighted by molar-refractivity contribution is 7.85. The Morgan fingerprint density at radius 3 is 1.58 bits per heavy atom. The molecule has 26 heavy (non-hydrogen) atoms. The lowest BCUT2D eigenvalue weighted by Crippen LogP contribution is -2.03. The Morgan fingerprint density at radius 1 is 0.692 bits per heavy atom. The zero-order valence-electron chi connectivity index (χ0n) is 16.6. The van der Waals surface area contributed by atoms with Gasteiger partial charge in [0.25, 0.3) is 10.1 Å². The summed E-state index contributed by atoms with van der Waals surface area (Å²) in [6, 6.07) is 6.76. The predicted molar refractivity (Wildman–Crippen MR) is 110 cm³/mol. The maximum atomic E-state index is 11.4. The summed E-state index contributed by atoms with van der Waals surface area (Å²) in [7, 11) is -4.10. The van der Waals surface area contributed by atoms with E-state index in [1.807, 2.05) is 6.07 Å². The zero-order valence-corrected chi connectivity index (χ0v) is 17.4. The Kier molecular flexibility index (Phi) is 12.7. The number of unbranched alkanes of at least 4 members (excludes halogenated alkanes) is 13. The standard InChI is InChI=1S/C22H38O3S/c1-2-3-4-5-6-7-8-9-10-11-12-13-14-15-18-21-19-16-17-20-22(21)26(23,24)25/h16-17,19-20H,2-15,18H2,1H3,(H,23,24,25). The summed E-state index contributed by atoms with van der Waals surface area (Å²) in [5.74, 6) is 0. The molecule has 0 radical (unpaired) electrons. The van der Waals surface area contributed by atoms with E-state index >= 15 is 0 Å². The minimum absolute atomic E-state index is 0.0645. The molecule has 3 nitrogen and oxygen atoms in total. The van der Waals surface area contributed by atoms with Crippen molar-refractivity contribution in [2.45, 2.75) is 108 Å². The summed E-state index contributed by atoms with van der Waals surface area (Å²) in [6.45, 7) is 2.26. The van der Waals surface area contributed by atoms with Gasteiger partial charge in [0.2, 0.25) is 0 Å². The molecule has 0 amide bonds. The van der Waals surface area contributed by atoms with Crippen molar-refractivity contribution in [1.29, 1.82) is 0 Å². The lowest BCUT2D eigenvalue weighted by Gasteiger charge is -2.07. The van der Waals surface area contributed by atoms with Gasteiger partial charge in [0, 0.05) is 0 Å². The van der Waals surface area contributed by atoms with Gasteiger partial charge in [-0.05, 0) is 24.5 Å². The number of hydrogen-bond donors (Lipinski definition) is 1. The smallest absolute Gasteiger partial charge is 0.282 e. The normalized spacial score (nSPS) is 11.8. The van der Waals surface area contributed by atoms with Gasteiger partial charge in [0.05, 0.1) is 4.90 Å². The maximum Gasteiger partial charge on any atom is 0.294 e. The monoisotopic (exact) mass is 382 g/mol. The average molecular weight is 383 g/mol. The molecule has 1 aromatic carbocycles. The number of hydrogen-bond acceptors (Lipinski definition) is 2. The van der Waals surface area contributed by atoms with Crippen LogP contribution in [-0.2, 0) is 16.5 Å². The van der Waals surface area contributed by atoms with Gasteiger partial charge in [-0.2, -0.15) is 8.42 Å². The molecule has 0 heterocycles.